The van der Waals surface area contributed by atoms with Crippen LogP contribution in [0.2, 0.25) is 0 Å². The van der Waals surface area contributed by atoms with E-state index >= 15 is 0 Å². The Morgan fingerprint density at radius 1 is 1.07 bits per heavy atom. The van der Waals surface area contributed by atoms with Gasteiger partial charge in [-0.25, -0.2) is 0 Å². The van der Waals surface area contributed by atoms with E-state index in [1.54, 1.807) is 0 Å². The average Bonchev–Trinajstić information content (AvgIpc) is 2.20. The molecule has 2 N–H and O–H groups in total. The molecule has 0 bridgehead atoms. The van der Waals surface area contributed by atoms with Crippen molar-refractivity contribution in [2.45, 2.75) is 70.3 Å². The van der Waals surface area contributed by atoms with Gasteiger partial charge in [0.25, 0.3) is 0 Å². The van der Waals surface area contributed by atoms with E-state index < -0.39 is 0 Å². The molecule has 0 atom stereocenters. The molecule has 0 saturated heterocycles. The molecule has 0 aromatic carbocycles. The molecule has 1 fully saturated rings. The molecule has 90 valence electrons. The fourth-order valence-electron chi connectivity index (χ4n) is 2.53. The number of hydrogen-bond donors (Lipinski definition) is 1. The largest absolute Gasteiger partial charge is 0.325 e. The molecule has 1 aliphatic rings. The third kappa shape index (κ3) is 5.82. The molecule has 1 rings (SSSR count). The van der Waals surface area contributed by atoms with Crippen LogP contribution in [0.25, 0.3) is 0 Å². The lowest BCUT2D eigenvalue weighted by molar-refractivity contribution is 0.296. The van der Waals surface area contributed by atoms with Crippen LogP contribution in [0.15, 0.2) is 0 Å². The lowest BCUT2D eigenvalue weighted by Gasteiger charge is -2.31. The molecule has 1 saturated carbocycles. The van der Waals surface area contributed by atoms with Gasteiger partial charge in [0.2, 0.25) is 0 Å². The van der Waals surface area contributed by atoms with Crippen LogP contribution in [0.3, 0.4) is 0 Å². The van der Waals surface area contributed by atoms with Crippen LogP contribution in [-0.4, -0.2) is 17.0 Å². The first-order valence-corrected chi connectivity index (χ1v) is 7.79. The van der Waals surface area contributed by atoms with Crippen molar-refractivity contribution in [1.29, 1.82) is 0 Å². The molecule has 0 aromatic rings. The molecule has 1 nitrogen and oxygen atoms in total. The van der Waals surface area contributed by atoms with E-state index in [1.165, 1.54) is 69.3 Å². The number of rotatable bonds is 5. The third-order valence-electron chi connectivity index (χ3n) is 3.52. The summed E-state index contributed by atoms with van der Waals surface area (Å²) < 4.78 is 0. The van der Waals surface area contributed by atoms with Crippen molar-refractivity contribution in [1.82, 2.24) is 0 Å². The molecular weight excluding hydrogens is 202 g/mol. The smallest absolute Gasteiger partial charge is 0.0154 e. The zero-order valence-corrected chi connectivity index (χ0v) is 11.1. The monoisotopic (exact) mass is 229 g/mol. The van der Waals surface area contributed by atoms with E-state index in [0.29, 0.717) is 0 Å². The van der Waals surface area contributed by atoms with E-state index in [0.717, 1.165) is 0 Å². The van der Waals surface area contributed by atoms with Gasteiger partial charge < -0.3 is 5.73 Å². The van der Waals surface area contributed by atoms with Crippen molar-refractivity contribution in [3.63, 3.8) is 0 Å². The summed E-state index contributed by atoms with van der Waals surface area (Å²) in [6.45, 7) is 2.23. The Labute approximate surface area is 99.6 Å². The molecule has 15 heavy (non-hydrogen) atoms. The first-order chi connectivity index (χ1) is 7.27. The summed E-state index contributed by atoms with van der Waals surface area (Å²) >= 11 is 2.05. The van der Waals surface area contributed by atoms with Gasteiger partial charge in [-0.3, -0.25) is 0 Å². The van der Waals surface area contributed by atoms with Gasteiger partial charge in [-0.1, -0.05) is 39.0 Å². The van der Waals surface area contributed by atoms with Crippen molar-refractivity contribution in [2.24, 2.45) is 5.73 Å². The maximum atomic E-state index is 6.50. The minimum atomic E-state index is 0.189. The lowest BCUT2D eigenvalue weighted by Crippen LogP contribution is -2.40. The van der Waals surface area contributed by atoms with Crippen LogP contribution in [0.4, 0.5) is 0 Å². The number of nitrogens with two attached hydrogens (primary N) is 1. The van der Waals surface area contributed by atoms with Gasteiger partial charge in [0.05, 0.1) is 0 Å². The Morgan fingerprint density at radius 3 is 2.27 bits per heavy atom. The van der Waals surface area contributed by atoms with Crippen LogP contribution in [0.1, 0.15) is 64.7 Å². The van der Waals surface area contributed by atoms with Gasteiger partial charge in [0, 0.05) is 5.54 Å². The third-order valence-corrected chi connectivity index (χ3v) is 4.50. The van der Waals surface area contributed by atoms with Gasteiger partial charge in [0.15, 0.2) is 0 Å². The van der Waals surface area contributed by atoms with Crippen LogP contribution >= 0.6 is 11.8 Å². The summed E-state index contributed by atoms with van der Waals surface area (Å²) in [6.07, 6.45) is 12.1. The van der Waals surface area contributed by atoms with E-state index in [2.05, 4.69) is 6.92 Å². The second kappa shape index (κ2) is 7.56. The highest BCUT2D eigenvalue weighted by atomic mass is 32.2. The van der Waals surface area contributed by atoms with Crippen molar-refractivity contribution in [2.75, 3.05) is 11.5 Å². The highest BCUT2D eigenvalue weighted by Crippen LogP contribution is 2.28. The zero-order chi connectivity index (χ0) is 11.0. The topological polar surface area (TPSA) is 26.0 Å². The lowest BCUT2D eigenvalue weighted by atomic mass is 9.82. The molecule has 1 aliphatic carbocycles. The summed E-state index contributed by atoms with van der Waals surface area (Å²) in [5, 5.41) is 0. The van der Waals surface area contributed by atoms with E-state index in [9.17, 15) is 0 Å². The molecule has 0 aromatic heterocycles. The number of thioether (sulfide) groups is 1. The van der Waals surface area contributed by atoms with Crippen molar-refractivity contribution < 1.29 is 0 Å². The normalized spacial score (nSPS) is 22.0. The molecule has 0 amide bonds. The van der Waals surface area contributed by atoms with Crippen molar-refractivity contribution in [3.8, 4) is 0 Å². The molecule has 0 aliphatic heterocycles. The SMILES string of the molecule is CCSCCCC1(N)CCCCCCC1. The van der Waals surface area contributed by atoms with Crippen LogP contribution in [0.5, 0.6) is 0 Å². The van der Waals surface area contributed by atoms with Gasteiger partial charge in [-0.05, 0) is 37.2 Å². The van der Waals surface area contributed by atoms with E-state index in [1.807, 2.05) is 11.8 Å². The Hall–Kier alpha value is 0.310. The molecular formula is C13H27NS. The summed E-state index contributed by atoms with van der Waals surface area (Å²) in [7, 11) is 0. The predicted molar refractivity (Wildman–Crippen MR) is 71.5 cm³/mol. The summed E-state index contributed by atoms with van der Waals surface area (Å²) in [4.78, 5) is 0. The van der Waals surface area contributed by atoms with E-state index in [4.69, 9.17) is 5.73 Å². The highest BCUT2D eigenvalue weighted by Gasteiger charge is 2.24. The summed E-state index contributed by atoms with van der Waals surface area (Å²) in [6, 6.07) is 0. The minimum absolute atomic E-state index is 0.189. The zero-order valence-electron chi connectivity index (χ0n) is 10.3. The van der Waals surface area contributed by atoms with Crippen LogP contribution in [0, 0.1) is 0 Å². The molecule has 2 heteroatoms. The molecule has 0 radical (unpaired) electrons. The quantitative estimate of drug-likeness (QED) is 0.722. The molecule has 0 unspecified atom stereocenters. The van der Waals surface area contributed by atoms with Crippen molar-refractivity contribution >= 4 is 11.8 Å². The van der Waals surface area contributed by atoms with Gasteiger partial charge in [-0.15, -0.1) is 0 Å². The fraction of sp³-hybridized carbons (Fsp3) is 1.00. The maximum absolute atomic E-state index is 6.50. The Kier molecular flexibility index (Phi) is 6.74. The Balaban J connectivity index is 2.21. The summed E-state index contributed by atoms with van der Waals surface area (Å²) in [5.74, 6) is 2.55. The summed E-state index contributed by atoms with van der Waals surface area (Å²) in [5.41, 5.74) is 6.69. The first-order valence-electron chi connectivity index (χ1n) is 6.63. The highest BCUT2D eigenvalue weighted by molar-refractivity contribution is 7.99. The van der Waals surface area contributed by atoms with Crippen LogP contribution in [-0.2, 0) is 0 Å². The Morgan fingerprint density at radius 2 is 1.67 bits per heavy atom. The predicted octanol–water partition coefficient (Wildman–Crippen LogP) is 3.96. The molecule has 0 spiro atoms. The standard InChI is InChI=1S/C13H27NS/c1-2-15-12-8-11-13(14)9-6-4-3-5-7-10-13/h2-12,14H2,1H3. The van der Waals surface area contributed by atoms with Crippen LogP contribution < -0.4 is 5.73 Å². The first kappa shape index (κ1) is 13.4. The second-order valence-corrected chi connectivity index (χ2v) is 6.32. The van der Waals surface area contributed by atoms with Crippen molar-refractivity contribution in [3.05, 3.63) is 0 Å². The second-order valence-electron chi connectivity index (χ2n) is 4.93. The fourth-order valence-corrected chi connectivity index (χ4v) is 3.17. The van der Waals surface area contributed by atoms with E-state index in [-0.39, 0.29) is 5.54 Å². The maximum Gasteiger partial charge on any atom is 0.0154 e. The average molecular weight is 229 g/mol. The number of hydrogen-bond acceptors (Lipinski definition) is 2. The van der Waals surface area contributed by atoms with Gasteiger partial charge >= 0.3 is 0 Å². The minimum Gasteiger partial charge on any atom is -0.325 e. The van der Waals surface area contributed by atoms with Gasteiger partial charge in [-0.2, -0.15) is 11.8 Å². The molecule has 0 heterocycles. The Bertz CT molecular complexity index is 151. The van der Waals surface area contributed by atoms with Gasteiger partial charge in [0.1, 0.15) is 0 Å².